The van der Waals surface area contributed by atoms with Crippen molar-refractivity contribution in [3.05, 3.63) is 60.4 Å². The number of ketones is 1. The molecule has 0 bridgehead atoms. The second kappa shape index (κ2) is 12.5. The molecule has 11 nitrogen and oxygen atoms in total. The van der Waals surface area contributed by atoms with E-state index in [-0.39, 0.29) is 36.0 Å². The molecular formula is C28H33N5O6S. The average molecular weight is 568 g/mol. The molecule has 1 saturated heterocycles. The molecule has 1 aromatic heterocycles. The van der Waals surface area contributed by atoms with Crippen LogP contribution in [0.5, 0.6) is 5.75 Å². The number of aromatic nitrogens is 2. The maximum absolute atomic E-state index is 13.3. The highest BCUT2D eigenvalue weighted by molar-refractivity contribution is 7.89. The zero-order valence-electron chi connectivity index (χ0n) is 22.7. The number of nitrogens with one attached hydrogen (secondary N) is 2. The standard InChI is InChI=1S/C28H33N5O6S/c1-18(2)15-24(32-28(36)25-16-29-21-7-4-5-8-22(21)30-25)27(35)31-23-9-6-14-33(17-26(23)34)40(37,38)20-12-10-19(39-3)11-13-20/h4-5,7-8,10-13,16,18,23-24H,6,9,14-15,17H2,1-3H3,(H,31,35)(H,32,36)/t23?,24-/m0/s1. The fourth-order valence-corrected chi connectivity index (χ4v) is 5.97. The van der Waals surface area contributed by atoms with Gasteiger partial charge in [0.15, 0.2) is 5.78 Å². The molecule has 2 heterocycles. The van der Waals surface area contributed by atoms with Gasteiger partial charge in [-0.05, 0) is 61.6 Å². The SMILES string of the molecule is COc1ccc(S(=O)(=O)N2CCCC(NC(=O)[C@H](CC(C)C)NC(=O)c3cnc4ccccc4n3)C(=O)C2)cc1. The Morgan fingerprint density at radius 3 is 2.48 bits per heavy atom. The van der Waals surface area contributed by atoms with Crippen LogP contribution in [-0.4, -0.2) is 72.6 Å². The van der Waals surface area contributed by atoms with Gasteiger partial charge in [0.05, 0.1) is 41.8 Å². The number of benzene rings is 2. The Labute approximate surface area is 233 Å². The smallest absolute Gasteiger partial charge is 0.272 e. The summed E-state index contributed by atoms with van der Waals surface area (Å²) in [6, 6.07) is 11.3. The van der Waals surface area contributed by atoms with Crippen LogP contribution in [0, 0.1) is 5.92 Å². The summed E-state index contributed by atoms with van der Waals surface area (Å²) in [6.45, 7) is 3.61. The van der Waals surface area contributed by atoms with E-state index >= 15 is 0 Å². The van der Waals surface area contributed by atoms with Crippen molar-refractivity contribution in [3.63, 3.8) is 0 Å². The summed E-state index contributed by atoms with van der Waals surface area (Å²) in [7, 11) is -2.43. The van der Waals surface area contributed by atoms with Crippen molar-refractivity contribution < 1.29 is 27.5 Å². The number of carbonyl (C=O) groups is 3. The minimum Gasteiger partial charge on any atom is -0.497 e. The lowest BCUT2D eigenvalue weighted by atomic mass is 10.0. The number of ether oxygens (including phenoxy) is 1. The third-order valence-corrected chi connectivity index (χ3v) is 8.50. The van der Waals surface area contributed by atoms with Gasteiger partial charge < -0.3 is 15.4 Å². The molecule has 12 heteroatoms. The Morgan fingerprint density at radius 2 is 1.80 bits per heavy atom. The first-order valence-electron chi connectivity index (χ1n) is 13.1. The number of nitrogens with zero attached hydrogens (tertiary/aromatic N) is 3. The minimum absolute atomic E-state index is 0.0556. The topological polar surface area (TPSA) is 148 Å². The maximum Gasteiger partial charge on any atom is 0.272 e. The van der Waals surface area contributed by atoms with E-state index in [9.17, 15) is 22.8 Å². The summed E-state index contributed by atoms with van der Waals surface area (Å²) in [5.41, 5.74) is 1.27. The number of hydrogen-bond donors (Lipinski definition) is 2. The first kappa shape index (κ1) is 29.1. The number of amides is 2. The van der Waals surface area contributed by atoms with Crippen molar-refractivity contribution in [2.24, 2.45) is 5.92 Å². The number of fused-ring (bicyclic) bond motifs is 1. The number of hydrogen-bond acceptors (Lipinski definition) is 8. The van der Waals surface area contributed by atoms with E-state index in [4.69, 9.17) is 4.74 Å². The average Bonchev–Trinajstić information content (AvgIpc) is 3.13. The maximum atomic E-state index is 13.3. The highest BCUT2D eigenvalue weighted by atomic mass is 32.2. The van der Waals surface area contributed by atoms with E-state index < -0.39 is 39.7 Å². The predicted octanol–water partition coefficient (Wildman–Crippen LogP) is 2.32. The lowest BCUT2D eigenvalue weighted by Gasteiger charge is -2.23. The number of sulfonamides is 1. The van der Waals surface area contributed by atoms with E-state index in [0.29, 0.717) is 29.6 Å². The summed E-state index contributed by atoms with van der Waals surface area (Å²) in [6.07, 6.45) is 2.34. The van der Waals surface area contributed by atoms with Gasteiger partial charge in [-0.15, -0.1) is 0 Å². The quantitative estimate of drug-likeness (QED) is 0.400. The van der Waals surface area contributed by atoms with Gasteiger partial charge in [-0.2, -0.15) is 4.31 Å². The molecule has 212 valence electrons. The van der Waals surface area contributed by atoms with Gasteiger partial charge in [-0.1, -0.05) is 26.0 Å². The Balaban J connectivity index is 1.44. The van der Waals surface area contributed by atoms with E-state index in [2.05, 4.69) is 20.6 Å². The van der Waals surface area contributed by atoms with Crippen LogP contribution in [0.15, 0.2) is 59.6 Å². The second-order valence-electron chi connectivity index (χ2n) is 10.1. The normalized spacial score (nSPS) is 17.3. The number of carbonyl (C=O) groups excluding carboxylic acids is 3. The van der Waals surface area contributed by atoms with Gasteiger partial charge in [0.1, 0.15) is 17.5 Å². The molecule has 1 aliphatic rings. The minimum atomic E-state index is -3.92. The Kier molecular flexibility index (Phi) is 9.10. The van der Waals surface area contributed by atoms with E-state index in [1.807, 2.05) is 19.9 Å². The van der Waals surface area contributed by atoms with Crippen molar-refractivity contribution in [1.29, 1.82) is 0 Å². The van der Waals surface area contributed by atoms with Gasteiger partial charge in [0, 0.05) is 6.54 Å². The van der Waals surface area contributed by atoms with Crippen LogP contribution in [-0.2, 0) is 19.6 Å². The molecule has 1 unspecified atom stereocenters. The molecule has 2 aromatic carbocycles. The van der Waals surface area contributed by atoms with E-state index in [0.717, 1.165) is 4.31 Å². The number of Topliss-reactive ketones (excluding diaryl/α,β-unsaturated/α-hetero) is 1. The zero-order valence-corrected chi connectivity index (χ0v) is 23.5. The lowest BCUT2D eigenvalue weighted by molar-refractivity contribution is -0.129. The fraction of sp³-hybridized carbons (Fsp3) is 0.393. The Morgan fingerprint density at radius 1 is 1.10 bits per heavy atom. The van der Waals surface area contributed by atoms with Gasteiger partial charge in [-0.25, -0.2) is 13.4 Å². The second-order valence-corrected chi connectivity index (χ2v) is 12.0. The van der Waals surface area contributed by atoms with Crippen molar-refractivity contribution in [3.8, 4) is 5.75 Å². The van der Waals surface area contributed by atoms with Crippen LogP contribution in [0.2, 0.25) is 0 Å². The molecule has 1 aliphatic heterocycles. The van der Waals surface area contributed by atoms with Crippen LogP contribution in [0.25, 0.3) is 11.0 Å². The summed E-state index contributed by atoms with van der Waals surface area (Å²) in [5, 5.41) is 5.48. The highest BCUT2D eigenvalue weighted by Crippen LogP contribution is 2.22. The monoisotopic (exact) mass is 567 g/mol. The first-order chi connectivity index (χ1) is 19.1. The van der Waals surface area contributed by atoms with Crippen LogP contribution in [0.1, 0.15) is 43.6 Å². The molecule has 4 rings (SSSR count). The largest absolute Gasteiger partial charge is 0.497 e. The van der Waals surface area contributed by atoms with E-state index in [1.165, 1.54) is 25.4 Å². The molecule has 0 spiro atoms. The van der Waals surface area contributed by atoms with Crippen LogP contribution in [0.4, 0.5) is 0 Å². The summed E-state index contributed by atoms with van der Waals surface area (Å²) >= 11 is 0. The first-order valence-corrected chi connectivity index (χ1v) is 14.5. The highest BCUT2D eigenvalue weighted by Gasteiger charge is 2.34. The molecule has 0 radical (unpaired) electrons. The van der Waals surface area contributed by atoms with Crippen molar-refractivity contribution in [2.45, 2.75) is 50.1 Å². The molecule has 2 amide bonds. The van der Waals surface area contributed by atoms with Gasteiger partial charge in [-0.3, -0.25) is 19.4 Å². The van der Waals surface area contributed by atoms with E-state index in [1.54, 1.807) is 30.3 Å². The third kappa shape index (κ3) is 6.80. The molecule has 40 heavy (non-hydrogen) atoms. The molecule has 0 aliphatic carbocycles. The number of para-hydroxylation sites is 2. The Bertz CT molecular complexity index is 1490. The number of methoxy groups -OCH3 is 1. The molecular weight excluding hydrogens is 534 g/mol. The van der Waals surface area contributed by atoms with Gasteiger partial charge in [0.2, 0.25) is 15.9 Å². The fourth-order valence-electron chi connectivity index (χ4n) is 4.52. The van der Waals surface area contributed by atoms with Crippen LogP contribution in [0.3, 0.4) is 0 Å². The predicted molar refractivity (Wildman–Crippen MR) is 148 cm³/mol. The van der Waals surface area contributed by atoms with Gasteiger partial charge in [0.25, 0.3) is 5.91 Å². The lowest BCUT2D eigenvalue weighted by Crippen LogP contribution is -2.52. The molecule has 0 saturated carbocycles. The number of rotatable bonds is 9. The molecule has 2 N–H and O–H groups in total. The summed E-state index contributed by atoms with van der Waals surface area (Å²) in [4.78, 5) is 48.0. The molecule has 3 aromatic rings. The van der Waals surface area contributed by atoms with Crippen LogP contribution >= 0.6 is 0 Å². The van der Waals surface area contributed by atoms with Gasteiger partial charge >= 0.3 is 0 Å². The summed E-state index contributed by atoms with van der Waals surface area (Å²) < 4.78 is 32.6. The third-order valence-electron chi connectivity index (χ3n) is 6.64. The van der Waals surface area contributed by atoms with Crippen molar-refractivity contribution >= 4 is 38.7 Å². The zero-order chi connectivity index (χ0) is 28.9. The molecule has 1 fully saturated rings. The van der Waals surface area contributed by atoms with Crippen LogP contribution < -0.4 is 15.4 Å². The molecule has 2 atom stereocenters. The van der Waals surface area contributed by atoms with Crippen molar-refractivity contribution in [2.75, 3.05) is 20.2 Å². The summed E-state index contributed by atoms with van der Waals surface area (Å²) in [5.74, 6) is -0.903. The van der Waals surface area contributed by atoms with Crippen molar-refractivity contribution in [1.82, 2.24) is 24.9 Å². The Hall–Kier alpha value is -3.90.